The second kappa shape index (κ2) is 7.63. The molecule has 3 aromatic rings. The quantitative estimate of drug-likeness (QED) is 0.720. The summed E-state index contributed by atoms with van der Waals surface area (Å²) in [5.41, 5.74) is 6.92. The summed E-state index contributed by atoms with van der Waals surface area (Å²) in [5, 5.41) is 6.84. The van der Waals surface area contributed by atoms with Crippen molar-refractivity contribution in [2.75, 3.05) is 0 Å². The number of benzene rings is 2. The zero-order chi connectivity index (χ0) is 19.4. The highest BCUT2D eigenvalue weighted by atomic mass is 19.4. The van der Waals surface area contributed by atoms with E-state index >= 15 is 0 Å². The monoisotopic (exact) mass is 374 g/mol. The highest BCUT2D eigenvalue weighted by Crippen LogP contribution is 2.29. The molecule has 0 aliphatic carbocycles. The van der Waals surface area contributed by atoms with Crippen LogP contribution in [0.4, 0.5) is 13.2 Å². The molecule has 0 saturated heterocycles. The number of aromatic nitrogens is 2. The molecule has 3 rings (SSSR count). The van der Waals surface area contributed by atoms with Crippen molar-refractivity contribution in [1.29, 1.82) is 0 Å². The first kappa shape index (κ1) is 18.7. The Morgan fingerprint density at radius 2 is 1.89 bits per heavy atom. The fraction of sp³-hybridized carbons (Fsp3) is 0.158. The van der Waals surface area contributed by atoms with Gasteiger partial charge in [0, 0.05) is 24.8 Å². The highest BCUT2D eigenvalue weighted by molar-refractivity contribution is 5.97. The maximum Gasteiger partial charge on any atom is 0.416 e. The van der Waals surface area contributed by atoms with Crippen LogP contribution in [0.3, 0.4) is 0 Å². The Kier molecular flexibility index (Phi) is 5.27. The van der Waals surface area contributed by atoms with Crippen LogP contribution < -0.4 is 11.1 Å². The summed E-state index contributed by atoms with van der Waals surface area (Å²) in [5.74, 6) is -0.409. The molecular formula is C19H17F3N4O. The van der Waals surface area contributed by atoms with E-state index in [2.05, 4.69) is 10.4 Å². The van der Waals surface area contributed by atoms with Crippen molar-refractivity contribution in [3.63, 3.8) is 0 Å². The van der Waals surface area contributed by atoms with Crippen molar-refractivity contribution in [1.82, 2.24) is 15.1 Å². The third-order valence-electron chi connectivity index (χ3n) is 3.97. The maximum absolute atomic E-state index is 12.8. The average molecular weight is 374 g/mol. The summed E-state index contributed by atoms with van der Waals surface area (Å²) in [6.07, 6.45) is -1.09. The molecule has 0 unspecified atom stereocenters. The normalized spacial score (nSPS) is 11.4. The molecule has 0 aliphatic rings. The molecule has 0 spiro atoms. The Balaban J connectivity index is 1.78. The zero-order valence-electron chi connectivity index (χ0n) is 14.2. The molecule has 140 valence electrons. The predicted octanol–water partition coefficient (Wildman–Crippen LogP) is 3.28. The van der Waals surface area contributed by atoms with Crippen LogP contribution in [0.5, 0.6) is 0 Å². The molecule has 1 amide bonds. The number of hydrogen-bond acceptors (Lipinski definition) is 3. The Hall–Kier alpha value is -3.13. The summed E-state index contributed by atoms with van der Waals surface area (Å²) in [7, 11) is 0. The fourth-order valence-electron chi connectivity index (χ4n) is 2.60. The molecule has 0 bridgehead atoms. The van der Waals surface area contributed by atoms with Crippen molar-refractivity contribution in [2.24, 2.45) is 5.73 Å². The van der Waals surface area contributed by atoms with Gasteiger partial charge in [-0.2, -0.15) is 18.3 Å². The van der Waals surface area contributed by atoms with Crippen LogP contribution >= 0.6 is 0 Å². The standard InChI is InChI=1S/C19H17F3N4O/c20-19(21,22)15-5-3-4-13(8-15)10-24-18(27)16-6-1-2-7-17(16)26-12-14(9-23)11-25-26/h1-8,11-12H,9-10,23H2,(H,24,27). The number of rotatable bonds is 5. The zero-order valence-corrected chi connectivity index (χ0v) is 14.2. The van der Waals surface area contributed by atoms with E-state index in [1.54, 1.807) is 41.3 Å². The molecule has 0 aliphatic heterocycles. The average Bonchev–Trinajstić information content (AvgIpc) is 3.15. The van der Waals surface area contributed by atoms with Gasteiger partial charge in [0.05, 0.1) is 23.0 Å². The lowest BCUT2D eigenvalue weighted by molar-refractivity contribution is -0.137. The second-order valence-electron chi connectivity index (χ2n) is 5.90. The first-order chi connectivity index (χ1) is 12.9. The molecule has 0 atom stereocenters. The van der Waals surface area contributed by atoms with Gasteiger partial charge in [-0.3, -0.25) is 4.79 Å². The van der Waals surface area contributed by atoms with Gasteiger partial charge in [0.2, 0.25) is 0 Å². The number of nitrogens with one attached hydrogen (secondary N) is 1. The largest absolute Gasteiger partial charge is 0.416 e. The van der Waals surface area contributed by atoms with Gasteiger partial charge in [-0.1, -0.05) is 24.3 Å². The minimum absolute atomic E-state index is 0.0236. The number of alkyl halides is 3. The molecule has 1 heterocycles. The van der Waals surface area contributed by atoms with Crippen LogP contribution in [0.2, 0.25) is 0 Å². The number of carbonyl (C=O) groups excluding carboxylic acids is 1. The highest BCUT2D eigenvalue weighted by Gasteiger charge is 2.30. The van der Waals surface area contributed by atoms with Crippen molar-refractivity contribution in [2.45, 2.75) is 19.3 Å². The lowest BCUT2D eigenvalue weighted by Crippen LogP contribution is -2.24. The van der Waals surface area contributed by atoms with E-state index < -0.39 is 17.6 Å². The molecule has 0 radical (unpaired) electrons. The molecule has 2 aromatic carbocycles. The SMILES string of the molecule is NCc1cnn(-c2ccccc2C(=O)NCc2cccc(C(F)(F)F)c2)c1. The second-order valence-corrected chi connectivity index (χ2v) is 5.90. The Morgan fingerprint density at radius 3 is 2.59 bits per heavy atom. The van der Waals surface area contributed by atoms with Gasteiger partial charge in [-0.15, -0.1) is 0 Å². The van der Waals surface area contributed by atoms with E-state index in [1.165, 1.54) is 12.1 Å². The number of hydrogen-bond donors (Lipinski definition) is 2. The Bertz CT molecular complexity index is 950. The lowest BCUT2D eigenvalue weighted by atomic mass is 10.1. The Morgan fingerprint density at radius 1 is 1.11 bits per heavy atom. The van der Waals surface area contributed by atoms with Gasteiger partial charge >= 0.3 is 6.18 Å². The summed E-state index contributed by atoms with van der Waals surface area (Å²) in [6.45, 7) is 0.300. The summed E-state index contributed by atoms with van der Waals surface area (Å²) >= 11 is 0. The molecule has 0 fully saturated rings. The third kappa shape index (κ3) is 4.35. The minimum Gasteiger partial charge on any atom is -0.348 e. The van der Waals surface area contributed by atoms with E-state index in [0.29, 0.717) is 23.4 Å². The number of para-hydroxylation sites is 1. The van der Waals surface area contributed by atoms with Crippen LogP contribution in [-0.2, 0) is 19.3 Å². The van der Waals surface area contributed by atoms with Crippen molar-refractivity contribution >= 4 is 5.91 Å². The maximum atomic E-state index is 12.8. The van der Waals surface area contributed by atoms with Crippen molar-refractivity contribution in [3.8, 4) is 5.69 Å². The number of carbonyl (C=O) groups is 1. The summed E-state index contributed by atoms with van der Waals surface area (Å²) in [6, 6.07) is 11.7. The molecule has 5 nitrogen and oxygen atoms in total. The number of halogens is 3. The van der Waals surface area contributed by atoms with E-state index in [4.69, 9.17) is 5.73 Å². The van der Waals surface area contributed by atoms with E-state index in [0.717, 1.165) is 17.7 Å². The van der Waals surface area contributed by atoms with Gasteiger partial charge in [-0.25, -0.2) is 4.68 Å². The van der Waals surface area contributed by atoms with Crippen LogP contribution in [0.15, 0.2) is 60.9 Å². The summed E-state index contributed by atoms with van der Waals surface area (Å²) < 4.78 is 39.9. The topological polar surface area (TPSA) is 72.9 Å². The first-order valence-corrected chi connectivity index (χ1v) is 8.16. The van der Waals surface area contributed by atoms with Crippen LogP contribution in [0.25, 0.3) is 5.69 Å². The molecule has 3 N–H and O–H groups in total. The number of amides is 1. The van der Waals surface area contributed by atoms with Crippen molar-refractivity contribution < 1.29 is 18.0 Å². The molecule has 1 aromatic heterocycles. The number of nitrogens with zero attached hydrogens (tertiary/aromatic N) is 2. The molecule has 27 heavy (non-hydrogen) atoms. The van der Waals surface area contributed by atoms with Crippen molar-refractivity contribution in [3.05, 3.63) is 83.2 Å². The van der Waals surface area contributed by atoms with Crippen LogP contribution in [0, 0.1) is 0 Å². The van der Waals surface area contributed by atoms with E-state index in [9.17, 15) is 18.0 Å². The summed E-state index contributed by atoms with van der Waals surface area (Å²) in [4.78, 5) is 12.6. The number of nitrogens with two attached hydrogens (primary N) is 1. The smallest absolute Gasteiger partial charge is 0.348 e. The predicted molar refractivity (Wildman–Crippen MR) is 94.1 cm³/mol. The third-order valence-corrected chi connectivity index (χ3v) is 3.97. The lowest BCUT2D eigenvalue weighted by Gasteiger charge is -2.12. The van der Waals surface area contributed by atoms with Gasteiger partial charge in [-0.05, 0) is 29.8 Å². The van der Waals surface area contributed by atoms with Gasteiger partial charge in [0.1, 0.15) is 0 Å². The van der Waals surface area contributed by atoms with Crippen LogP contribution in [0.1, 0.15) is 27.0 Å². The van der Waals surface area contributed by atoms with Gasteiger partial charge in [0.25, 0.3) is 5.91 Å². The minimum atomic E-state index is -4.42. The van der Waals surface area contributed by atoms with Crippen LogP contribution in [-0.4, -0.2) is 15.7 Å². The van der Waals surface area contributed by atoms with Gasteiger partial charge < -0.3 is 11.1 Å². The first-order valence-electron chi connectivity index (χ1n) is 8.16. The molecular weight excluding hydrogens is 357 g/mol. The van der Waals surface area contributed by atoms with E-state index in [1.807, 2.05) is 0 Å². The molecule has 8 heteroatoms. The van der Waals surface area contributed by atoms with Gasteiger partial charge in [0.15, 0.2) is 0 Å². The Labute approximate surface area is 153 Å². The molecule has 0 saturated carbocycles. The van der Waals surface area contributed by atoms with E-state index in [-0.39, 0.29) is 6.54 Å². The fourth-order valence-corrected chi connectivity index (χ4v) is 2.60.